The fourth-order valence-corrected chi connectivity index (χ4v) is 2.20. The second kappa shape index (κ2) is 5.81. The molecule has 4 nitrogen and oxygen atoms in total. The van der Waals surface area contributed by atoms with Crippen molar-refractivity contribution in [3.05, 3.63) is 46.1 Å². The van der Waals surface area contributed by atoms with Crippen molar-refractivity contribution < 1.29 is 22.7 Å². The van der Waals surface area contributed by atoms with Gasteiger partial charge < -0.3 is 4.74 Å². The Morgan fingerprint density at radius 2 is 2.09 bits per heavy atom. The molecule has 0 bridgehead atoms. The van der Waals surface area contributed by atoms with E-state index in [1.807, 2.05) is 6.07 Å². The molecule has 1 aromatic rings. The zero-order valence-electron chi connectivity index (χ0n) is 11.1. The maximum atomic E-state index is 12.7. The smallest absolute Gasteiger partial charge is 0.433 e. The minimum Gasteiger partial charge on any atom is -0.483 e. The quantitative estimate of drug-likeness (QED) is 0.794. The molecule has 0 fully saturated rings. The predicted molar refractivity (Wildman–Crippen MR) is 72.5 cm³/mol. The molecular formula is C14H8ClF3N2O2. The Kier molecular flexibility index (Phi) is 4.24. The third kappa shape index (κ3) is 2.97. The van der Waals surface area contributed by atoms with Crippen molar-refractivity contribution in [2.45, 2.75) is 12.1 Å². The van der Waals surface area contributed by atoms with Crippen LogP contribution in [0.25, 0.3) is 0 Å². The van der Waals surface area contributed by atoms with Gasteiger partial charge in [-0.25, -0.2) is 4.99 Å². The highest BCUT2D eigenvalue weighted by Crippen LogP contribution is 2.34. The molecule has 2 rings (SSSR count). The molecule has 0 spiro atoms. The molecule has 0 amide bonds. The number of hydrogen-bond donors (Lipinski definition) is 0. The molecule has 1 heterocycles. The lowest BCUT2D eigenvalue weighted by Crippen LogP contribution is -2.28. The van der Waals surface area contributed by atoms with Gasteiger partial charge in [-0.1, -0.05) is 17.7 Å². The van der Waals surface area contributed by atoms with Crippen LogP contribution in [-0.2, 0) is 9.53 Å². The van der Waals surface area contributed by atoms with Gasteiger partial charge in [0.15, 0.2) is 11.5 Å². The SMILES string of the molecule is COC1=NC(C(F)(F)F)=CC(=O)C1c1ccc(C#N)c(Cl)c1. The topological polar surface area (TPSA) is 62.4 Å². The summed E-state index contributed by atoms with van der Waals surface area (Å²) in [6.07, 6.45) is -4.31. The van der Waals surface area contributed by atoms with Gasteiger partial charge in [0.1, 0.15) is 12.0 Å². The number of ketones is 1. The van der Waals surface area contributed by atoms with E-state index in [0.717, 1.165) is 7.11 Å². The van der Waals surface area contributed by atoms with Crippen molar-refractivity contribution in [3.63, 3.8) is 0 Å². The van der Waals surface area contributed by atoms with E-state index in [-0.39, 0.29) is 16.5 Å². The van der Waals surface area contributed by atoms with Crippen LogP contribution < -0.4 is 0 Å². The maximum absolute atomic E-state index is 12.7. The molecule has 0 saturated heterocycles. The van der Waals surface area contributed by atoms with Crippen molar-refractivity contribution >= 4 is 23.3 Å². The fraction of sp³-hybridized carbons (Fsp3) is 0.214. The van der Waals surface area contributed by atoms with Gasteiger partial charge in [-0.2, -0.15) is 18.4 Å². The zero-order chi connectivity index (χ0) is 16.5. The van der Waals surface area contributed by atoms with Crippen LogP contribution in [0.15, 0.2) is 35.0 Å². The lowest BCUT2D eigenvalue weighted by atomic mass is 9.91. The van der Waals surface area contributed by atoms with E-state index in [9.17, 15) is 18.0 Å². The number of alkyl halides is 3. The molecule has 0 radical (unpaired) electrons. The van der Waals surface area contributed by atoms with Gasteiger partial charge >= 0.3 is 6.18 Å². The number of rotatable bonds is 1. The van der Waals surface area contributed by atoms with E-state index < -0.39 is 23.6 Å². The number of carbonyl (C=O) groups is 1. The van der Waals surface area contributed by atoms with Crippen molar-refractivity contribution in [3.8, 4) is 6.07 Å². The minimum absolute atomic E-state index is 0.0915. The minimum atomic E-state index is -4.74. The van der Waals surface area contributed by atoms with Crippen LogP contribution in [0.3, 0.4) is 0 Å². The summed E-state index contributed by atoms with van der Waals surface area (Å²) in [6, 6.07) is 5.99. The number of methoxy groups -OCH3 is 1. The number of nitriles is 1. The van der Waals surface area contributed by atoms with Gasteiger partial charge in [-0.15, -0.1) is 0 Å². The Bertz CT molecular complexity index is 733. The molecule has 0 aromatic heterocycles. The van der Waals surface area contributed by atoms with Crippen molar-refractivity contribution in [2.24, 2.45) is 4.99 Å². The number of carbonyl (C=O) groups excluding carboxylic acids is 1. The highest BCUT2D eigenvalue weighted by molar-refractivity contribution is 6.32. The van der Waals surface area contributed by atoms with Crippen molar-refractivity contribution in [2.75, 3.05) is 7.11 Å². The molecule has 1 aliphatic heterocycles. The van der Waals surface area contributed by atoms with E-state index >= 15 is 0 Å². The van der Waals surface area contributed by atoms with Gasteiger partial charge in [0, 0.05) is 6.08 Å². The lowest BCUT2D eigenvalue weighted by molar-refractivity contribution is -0.117. The molecule has 8 heteroatoms. The largest absolute Gasteiger partial charge is 0.483 e. The second-order valence-corrected chi connectivity index (χ2v) is 4.78. The summed E-state index contributed by atoms with van der Waals surface area (Å²) in [4.78, 5) is 15.4. The summed E-state index contributed by atoms with van der Waals surface area (Å²) < 4.78 is 42.9. The molecule has 1 unspecified atom stereocenters. The summed E-state index contributed by atoms with van der Waals surface area (Å²) in [5.41, 5.74) is -0.825. The van der Waals surface area contributed by atoms with E-state index in [4.69, 9.17) is 21.6 Å². The highest BCUT2D eigenvalue weighted by Gasteiger charge is 2.40. The van der Waals surface area contributed by atoms with Crippen LogP contribution in [0.4, 0.5) is 13.2 Å². The van der Waals surface area contributed by atoms with Crippen molar-refractivity contribution in [1.82, 2.24) is 0 Å². The van der Waals surface area contributed by atoms with Crippen LogP contribution in [0.2, 0.25) is 5.02 Å². The Balaban J connectivity index is 2.48. The highest BCUT2D eigenvalue weighted by atomic mass is 35.5. The summed E-state index contributed by atoms with van der Waals surface area (Å²) in [5.74, 6) is -2.32. The number of halogens is 4. The standard InChI is InChI=1S/C14H8ClF3N2O2/c1-22-13-12(7-2-3-8(6-19)9(15)4-7)10(21)5-11(20-13)14(16,17)18/h2-5,12H,1H3. The number of ether oxygens (including phenoxy) is 1. The third-order valence-electron chi connectivity index (χ3n) is 2.99. The monoisotopic (exact) mass is 328 g/mol. The normalized spacial score (nSPS) is 18.4. The van der Waals surface area contributed by atoms with Crippen LogP contribution in [0.5, 0.6) is 0 Å². The van der Waals surface area contributed by atoms with Gasteiger partial charge in [0.05, 0.1) is 17.7 Å². The van der Waals surface area contributed by atoms with Crippen LogP contribution in [0.1, 0.15) is 17.0 Å². The molecule has 0 saturated carbocycles. The fourth-order valence-electron chi connectivity index (χ4n) is 1.97. The van der Waals surface area contributed by atoms with Crippen molar-refractivity contribution in [1.29, 1.82) is 5.26 Å². The first kappa shape index (κ1) is 16.0. The number of hydrogen-bond acceptors (Lipinski definition) is 4. The number of benzene rings is 1. The summed E-state index contributed by atoms with van der Waals surface area (Å²) in [5, 5.41) is 8.90. The van der Waals surface area contributed by atoms with Crippen LogP contribution in [-0.4, -0.2) is 25.0 Å². The molecule has 114 valence electrons. The Morgan fingerprint density at radius 1 is 1.41 bits per heavy atom. The summed E-state index contributed by atoms with van der Waals surface area (Å²) >= 11 is 5.88. The molecule has 1 atom stereocenters. The predicted octanol–water partition coefficient (Wildman–Crippen LogP) is 3.37. The molecule has 22 heavy (non-hydrogen) atoms. The van der Waals surface area contributed by atoms with Crippen LogP contribution in [0, 0.1) is 11.3 Å². The first-order valence-corrected chi connectivity index (χ1v) is 6.30. The maximum Gasteiger partial charge on any atom is 0.433 e. The van der Waals surface area contributed by atoms with Crippen LogP contribution >= 0.6 is 11.6 Å². The third-order valence-corrected chi connectivity index (χ3v) is 3.30. The van der Waals surface area contributed by atoms with E-state index in [2.05, 4.69) is 4.99 Å². The lowest BCUT2D eigenvalue weighted by Gasteiger charge is -2.21. The zero-order valence-corrected chi connectivity index (χ0v) is 11.9. The second-order valence-electron chi connectivity index (χ2n) is 4.37. The van der Waals surface area contributed by atoms with Gasteiger partial charge in [0.2, 0.25) is 5.90 Å². The Hall–Kier alpha value is -2.33. The first-order valence-electron chi connectivity index (χ1n) is 5.92. The first-order chi connectivity index (χ1) is 10.3. The Morgan fingerprint density at radius 3 is 2.59 bits per heavy atom. The van der Waals surface area contributed by atoms with E-state index in [0.29, 0.717) is 11.6 Å². The average molecular weight is 329 g/mol. The summed E-state index contributed by atoms with van der Waals surface area (Å²) in [7, 11) is 1.13. The van der Waals surface area contributed by atoms with Gasteiger partial charge in [-0.3, -0.25) is 4.79 Å². The molecule has 0 N–H and O–H groups in total. The van der Waals surface area contributed by atoms with E-state index in [1.54, 1.807) is 0 Å². The van der Waals surface area contributed by atoms with E-state index in [1.165, 1.54) is 18.2 Å². The average Bonchev–Trinajstić information content (AvgIpc) is 2.45. The molecule has 0 aliphatic carbocycles. The number of aliphatic imine (C=N–C) groups is 1. The Labute approximate surface area is 128 Å². The molecule has 1 aliphatic rings. The molecule has 1 aromatic carbocycles. The van der Waals surface area contributed by atoms with Gasteiger partial charge in [-0.05, 0) is 17.7 Å². The molecular weight excluding hydrogens is 321 g/mol. The number of nitrogens with zero attached hydrogens (tertiary/aromatic N) is 2. The summed E-state index contributed by atoms with van der Waals surface area (Å²) in [6.45, 7) is 0. The van der Waals surface area contributed by atoms with Gasteiger partial charge in [0.25, 0.3) is 0 Å². The number of allylic oxidation sites excluding steroid dienone is 2.